The molecule has 0 spiro atoms. The van der Waals surface area contributed by atoms with Crippen LogP contribution in [0, 0.1) is 41.5 Å². The lowest BCUT2D eigenvalue weighted by Crippen LogP contribution is -2.21. The van der Waals surface area contributed by atoms with Gasteiger partial charge in [0, 0.05) is 22.3 Å². The molecule has 0 bridgehead atoms. The van der Waals surface area contributed by atoms with Gasteiger partial charge in [-0.05, 0) is 86.9 Å². The van der Waals surface area contributed by atoms with E-state index < -0.39 is 0 Å². The third kappa shape index (κ3) is 4.19. The number of benzene rings is 5. The van der Waals surface area contributed by atoms with Crippen molar-refractivity contribution in [1.29, 1.82) is 0 Å². The number of fused-ring (bicyclic) bond motifs is 3. The van der Waals surface area contributed by atoms with Crippen molar-refractivity contribution in [3.63, 3.8) is 0 Å². The zero-order valence-corrected chi connectivity index (χ0v) is 24.0. The molecule has 0 saturated carbocycles. The molecule has 0 aliphatic carbocycles. The van der Waals surface area contributed by atoms with E-state index in [1.54, 1.807) is 0 Å². The highest BCUT2D eigenvalue weighted by Crippen LogP contribution is 2.38. The molecule has 6 aromatic rings. The Labute approximate surface area is 235 Å². The Kier molecular flexibility index (Phi) is 6.31. The molecular weight excluding hydrogens is 488 g/mol. The summed E-state index contributed by atoms with van der Waals surface area (Å²) in [4.78, 5) is 14.7. The summed E-state index contributed by atoms with van der Waals surface area (Å²) < 4.78 is 1.93. The monoisotopic (exact) mass is 522 g/mol. The standard InChI is InChI=1S/C37H34N2O/c1-22-18-24(3)35(25(4)19-22)38-32-16-9-7-12-28(32)30-14-11-15-31-29-13-8-10-17-33(29)39(37(40)34(30)31)36-26(5)20-23(2)21-27(36)6/h7-21,38H,1-6H3. The molecule has 0 aliphatic heterocycles. The van der Waals surface area contributed by atoms with Crippen molar-refractivity contribution in [3.05, 3.63) is 135 Å². The summed E-state index contributed by atoms with van der Waals surface area (Å²) in [7, 11) is 0. The van der Waals surface area contributed by atoms with Gasteiger partial charge in [0.25, 0.3) is 5.56 Å². The third-order valence-corrected chi connectivity index (χ3v) is 7.93. The van der Waals surface area contributed by atoms with Crippen LogP contribution < -0.4 is 10.9 Å². The number of nitrogens with zero attached hydrogens (tertiary/aromatic N) is 1. The van der Waals surface area contributed by atoms with Crippen molar-refractivity contribution in [2.24, 2.45) is 0 Å². The quantitative estimate of drug-likeness (QED) is 0.234. The predicted octanol–water partition coefficient (Wildman–Crippen LogP) is 9.41. The first-order valence-corrected chi connectivity index (χ1v) is 13.8. The van der Waals surface area contributed by atoms with Crippen molar-refractivity contribution < 1.29 is 0 Å². The molecule has 40 heavy (non-hydrogen) atoms. The Morgan fingerprint density at radius 2 is 1.12 bits per heavy atom. The van der Waals surface area contributed by atoms with Crippen LogP contribution in [0.5, 0.6) is 0 Å². The molecule has 3 heteroatoms. The first kappa shape index (κ1) is 25.6. The molecule has 0 saturated heterocycles. The molecule has 0 fully saturated rings. The van der Waals surface area contributed by atoms with Crippen LogP contribution in [0.1, 0.15) is 33.4 Å². The summed E-state index contributed by atoms with van der Waals surface area (Å²) >= 11 is 0. The first-order valence-electron chi connectivity index (χ1n) is 13.8. The van der Waals surface area contributed by atoms with Crippen LogP contribution in [0.25, 0.3) is 38.5 Å². The molecule has 0 unspecified atom stereocenters. The van der Waals surface area contributed by atoms with Crippen molar-refractivity contribution in [2.45, 2.75) is 41.5 Å². The lowest BCUT2D eigenvalue weighted by Gasteiger charge is -2.20. The summed E-state index contributed by atoms with van der Waals surface area (Å²) in [5, 5.41) is 6.48. The van der Waals surface area contributed by atoms with Crippen molar-refractivity contribution in [1.82, 2.24) is 4.57 Å². The van der Waals surface area contributed by atoms with E-state index in [0.29, 0.717) is 0 Å². The summed E-state index contributed by atoms with van der Waals surface area (Å²) in [6.07, 6.45) is 0. The lowest BCUT2D eigenvalue weighted by atomic mass is 9.94. The first-order chi connectivity index (χ1) is 19.2. The number of rotatable bonds is 4. The molecule has 0 amide bonds. The van der Waals surface area contributed by atoms with Crippen LogP contribution >= 0.6 is 0 Å². The highest BCUT2D eigenvalue weighted by atomic mass is 16.1. The van der Waals surface area contributed by atoms with E-state index in [1.807, 2.05) is 22.8 Å². The smallest absolute Gasteiger partial charge is 0.264 e. The minimum Gasteiger partial charge on any atom is -0.355 e. The van der Waals surface area contributed by atoms with Gasteiger partial charge in [-0.1, -0.05) is 90.0 Å². The number of pyridine rings is 1. The average molecular weight is 523 g/mol. The number of para-hydroxylation sites is 2. The molecule has 0 atom stereocenters. The predicted molar refractivity (Wildman–Crippen MR) is 171 cm³/mol. The number of nitrogens with one attached hydrogen (secondary N) is 1. The topological polar surface area (TPSA) is 34.0 Å². The summed E-state index contributed by atoms with van der Waals surface area (Å²) in [6.45, 7) is 12.7. The molecule has 1 heterocycles. The van der Waals surface area contributed by atoms with E-state index in [4.69, 9.17) is 0 Å². The van der Waals surface area contributed by atoms with Crippen LogP contribution in [0.3, 0.4) is 0 Å². The van der Waals surface area contributed by atoms with Crippen LogP contribution in [-0.4, -0.2) is 4.57 Å². The summed E-state index contributed by atoms with van der Waals surface area (Å²) in [6, 6.07) is 31.5. The van der Waals surface area contributed by atoms with Crippen LogP contribution in [0.4, 0.5) is 11.4 Å². The Morgan fingerprint density at radius 1 is 0.575 bits per heavy atom. The maximum atomic E-state index is 14.7. The third-order valence-electron chi connectivity index (χ3n) is 7.93. The van der Waals surface area contributed by atoms with Gasteiger partial charge in [-0.3, -0.25) is 9.36 Å². The Morgan fingerprint density at radius 3 is 1.82 bits per heavy atom. The van der Waals surface area contributed by atoms with Gasteiger partial charge >= 0.3 is 0 Å². The molecule has 0 radical (unpaired) electrons. The number of anilines is 2. The second-order valence-corrected chi connectivity index (χ2v) is 11.1. The van der Waals surface area contributed by atoms with Gasteiger partial charge in [0.05, 0.1) is 16.6 Å². The average Bonchev–Trinajstić information content (AvgIpc) is 2.92. The number of hydrogen-bond donors (Lipinski definition) is 1. The Hall–Kier alpha value is -4.63. The summed E-state index contributed by atoms with van der Waals surface area (Å²) in [5.41, 5.74) is 12.9. The molecule has 5 aromatic carbocycles. The van der Waals surface area contributed by atoms with Crippen LogP contribution in [0.2, 0.25) is 0 Å². The molecular formula is C37H34N2O. The minimum atomic E-state index is -0.00291. The zero-order chi connectivity index (χ0) is 28.1. The SMILES string of the molecule is Cc1cc(C)c(Nc2ccccc2-c2cccc3c2c(=O)n(-c2c(C)cc(C)cc2C)c2ccccc32)c(C)c1. The van der Waals surface area contributed by atoms with Gasteiger partial charge in [-0.25, -0.2) is 0 Å². The fourth-order valence-electron chi connectivity index (χ4n) is 6.44. The highest BCUT2D eigenvalue weighted by Gasteiger charge is 2.19. The molecule has 6 rings (SSSR count). The zero-order valence-electron chi connectivity index (χ0n) is 24.0. The van der Waals surface area contributed by atoms with E-state index >= 15 is 0 Å². The van der Waals surface area contributed by atoms with Crippen LogP contribution in [0.15, 0.2) is 95.8 Å². The Bertz CT molecular complexity index is 1970. The minimum absolute atomic E-state index is 0.00291. The van der Waals surface area contributed by atoms with Crippen molar-refractivity contribution in [2.75, 3.05) is 5.32 Å². The normalized spacial score (nSPS) is 11.3. The van der Waals surface area contributed by atoms with Gasteiger partial charge in [-0.2, -0.15) is 0 Å². The lowest BCUT2D eigenvalue weighted by molar-refractivity contribution is 1.02. The molecule has 198 valence electrons. The molecule has 0 aliphatic rings. The Balaban J connectivity index is 1.68. The number of aromatic nitrogens is 1. The van der Waals surface area contributed by atoms with E-state index in [-0.39, 0.29) is 5.56 Å². The molecule has 1 N–H and O–H groups in total. The van der Waals surface area contributed by atoms with E-state index in [1.165, 1.54) is 22.3 Å². The second-order valence-electron chi connectivity index (χ2n) is 11.1. The van der Waals surface area contributed by atoms with Gasteiger partial charge in [0.2, 0.25) is 0 Å². The second kappa shape index (κ2) is 9.84. The molecule has 3 nitrogen and oxygen atoms in total. The maximum Gasteiger partial charge on any atom is 0.264 e. The maximum absolute atomic E-state index is 14.7. The van der Waals surface area contributed by atoms with E-state index in [9.17, 15) is 4.79 Å². The fraction of sp³-hybridized carbons (Fsp3) is 0.162. The van der Waals surface area contributed by atoms with Crippen molar-refractivity contribution in [3.8, 4) is 16.8 Å². The van der Waals surface area contributed by atoms with Gasteiger partial charge < -0.3 is 5.32 Å². The highest BCUT2D eigenvalue weighted by molar-refractivity contribution is 6.12. The largest absolute Gasteiger partial charge is 0.355 e. The number of hydrogen-bond acceptors (Lipinski definition) is 2. The van der Waals surface area contributed by atoms with E-state index in [0.717, 1.165) is 61.0 Å². The fourth-order valence-corrected chi connectivity index (χ4v) is 6.44. The van der Waals surface area contributed by atoms with Gasteiger partial charge in [0.1, 0.15) is 0 Å². The van der Waals surface area contributed by atoms with E-state index in [2.05, 4.69) is 120 Å². The van der Waals surface area contributed by atoms with Crippen LogP contribution in [-0.2, 0) is 0 Å². The van der Waals surface area contributed by atoms with Gasteiger partial charge in [0.15, 0.2) is 0 Å². The molecule has 1 aromatic heterocycles. The van der Waals surface area contributed by atoms with Gasteiger partial charge in [-0.15, -0.1) is 0 Å². The van der Waals surface area contributed by atoms with Crippen molar-refractivity contribution >= 4 is 33.1 Å². The number of aryl methyl sites for hydroxylation is 6. The summed E-state index contributed by atoms with van der Waals surface area (Å²) in [5.74, 6) is 0.